The number of sulfone groups is 2. The van der Waals surface area contributed by atoms with Crippen LogP contribution < -0.4 is 10.6 Å². The van der Waals surface area contributed by atoms with Gasteiger partial charge in [-0.25, -0.2) is 16.8 Å². The molecule has 0 radical (unpaired) electrons. The van der Waals surface area contributed by atoms with E-state index >= 15 is 0 Å². The fourth-order valence-corrected chi connectivity index (χ4v) is 5.04. The van der Waals surface area contributed by atoms with E-state index < -0.39 is 19.7 Å². The Hall–Kier alpha value is -1.49. The lowest BCUT2D eigenvalue weighted by molar-refractivity contribution is 0.233. The number of hydrogen-bond acceptors (Lipinski definition) is 7. The van der Waals surface area contributed by atoms with Crippen LogP contribution in [-0.4, -0.2) is 73.5 Å². The van der Waals surface area contributed by atoms with Crippen molar-refractivity contribution in [2.45, 2.75) is 41.5 Å². The minimum absolute atomic E-state index is 0.330. The first-order valence-electron chi connectivity index (χ1n) is 11.9. The van der Waals surface area contributed by atoms with Gasteiger partial charge in [-0.2, -0.15) is 0 Å². The smallest absolute Gasteiger partial charge is 0.175 e. The Morgan fingerprint density at radius 1 is 0.686 bits per heavy atom. The lowest BCUT2D eigenvalue weighted by atomic mass is 10.2. The lowest BCUT2D eigenvalue weighted by Gasteiger charge is -2.27. The second-order valence-electron chi connectivity index (χ2n) is 8.80. The Labute approximate surface area is 216 Å². The molecule has 0 aromatic heterocycles. The highest BCUT2D eigenvalue weighted by Crippen LogP contribution is 2.13. The van der Waals surface area contributed by atoms with E-state index in [0.717, 1.165) is 38.3 Å². The van der Waals surface area contributed by atoms with Crippen molar-refractivity contribution in [3.63, 3.8) is 0 Å². The standard InChI is InChI=1S/C12H18N2O2S.C8H9ClO2S.C5H11N/c1-17(15,16)12-4-2-11(3-5-12)10-14-8-6-13-7-9-14;1-12(10,11)8-4-2-7(6-9)3-5-8;1-2-4-6-5-3-1/h2-5,13H,6-10H2,1H3;2-5H,6H2,1H3;6H,1-5H2. The summed E-state index contributed by atoms with van der Waals surface area (Å²) in [7, 11) is -6.15. The van der Waals surface area contributed by atoms with Crippen LogP contribution in [0.4, 0.5) is 0 Å². The first-order valence-corrected chi connectivity index (χ1v) is 16.2. The second-order valence-corrected chi connectivity index (χ2v) is 13.1. The van der Waals surface area contributed by atoms with E-state index in [1.165, 1.54) is 50.4 Å². The van der Waals surface area contributed by atoms with Crippen LogP contribution in [-0.2, 0) is 32.1 Å². The van der Waals surface area contributed by atoms with E-state index in [4.69, 9.17) is 11.6 Å². The summed E-state index contributed by atoms with van der Waals surface area (Å²) in [5.41, 5.74) is 2.09. The Bertz CT molecular complexity index is 1070. The van der Waals surface area contributed by atoms with E-state index in [1.54, 1.807) is 36.4 Å². The topological polar surface area (TPSA) is 95.6 Å². The van der Waals surface area contributed by atoms with Crippen LogP contribution in [0.25, 0.3) is 0 Å². The lowest BCUT2D eigenvalue weighted by Crippen LogP contribution is -2.42. The van der Waals surface area contributed by atoms with Gasteiger partial charge in [0, 0.05) is 51.1 Å². The van der Waals surface area contributed by atoms with Gasteiger partial charge in [0.1, 0.15) is 0 Å². The van der Waals surface area contributed by atoms with Gasteiger partial charge >= 0.3 is 0 Å². The van der Waals surface area contributed by atoms with E-state index in [9.17, 15) is 16.8 Å². The van der Waals surface area contributed by atoms with Gasteiger partial charge in [0.2, 0.25) is 0 Å². The van der Waals surface area contributed by atoms with E-state index in [1.807, 2.05) is 12.1 Å². The first-order chi connectivity index (χ1) is 16.6. The van der Waals surface area contributed by atoms with Crippen LogP contribution in [0.5, 0.6) is 0 Å². The molecular weight excluding hydrogens is 506 g/mol. The summed E-state index contributed by atoms with van der Waals surface area (Å²) < 4.78 is 44.6. The van der Waals surface area contributed by atoms with Crippen molar-refractivity contribution in [3.05, 3.63) is 59.7 Å². The monoisotopic (exact) mass is 543 g/mol. The minimum atomic E-state index is -3.08. The van der Waals surface area contributed by atoms with Crippen LogP contribution in [0.1, 0.15) is 30.4 Å². The van der Waals surface area contributed by atoms with Gasteiger partial charge in [0.25, 0.3) is 0 Å². The molecule has 0 aliphatic carbocycles. The zero-order chi connectivity index (χ0) is 25.7. The Morgan fingerprint density at radius 3 is 1.46 bits per heavy atom. The summed E-state index contributed by atoms with van der Waals surface area (Å²) in [6, 6.07) is 13.7. The third kappa shape index (κ3) is 11.9. The minimum Gasteiger partial charge on any atom is -0.317 e. The molecule has 0 spiro atoms. The number of nitrogens with zero attached hydrogens (tertiary/aromatic N) is 1. The highest BCUT2D eigenvalue weighted by Gasteiger charge is 2.11. The van der Waals surface area contributed by atoms with Gasteiger partial charge in [-0.05, 0) is 61.3 Å². The number of piperidine rings is 1. The van der Waals surface area contributed by atoms with Gasteiger partial charge in [-0.3, -0.25) is 4.90 Å². The molecule has 35 heavy (non-hydrogen) atoms. The summed E-state index contributed by atoms with van der Waals surface area (Å²) in [6.45, 7) is 7.55. The average molecular weight is 544 g/mol. The molecular formula is C25H38ClN3O4S2. The summed E-state index contributed by atoms with van der Waals surface area (Å²) in [4.78, 5) is 3.09. The summed E-state index contributed by atoms with van der Waals surface area (Å²) in [6.07, 6.45) is 6.63. The third-order valence-electron chi connectivity index (χ3n) is 5.68. The molecule has 2 fully saturated rings. The van der Waals surface area contributed by atoms with Gasteiger partial charge in [0.15, 0.2) is 19.7 Å². The van der Waals surface area contributed by atoms with Crippen LogP contribution in [0.15, 0.2) is 58.3 Å². The van der Waals surface area contributed by atoms with Crippen LogP contribution in [0.3, 0.4) is 0 Å². The van der Waals surface area contributed by atoms with E-state index in [0.29, 0.717) is 15.7 Å². The van der Waals surface area contributed by atoms with Crippen LogP contribution >= 0.6 is 11.6 Å². The Morgan fingerprint density at radius 2 is 1.11 bits per heavy atom. The fourth-order valence-electron chi connectivity index (χ4n) is 3.60. The van der Waals surface area contributed by atoms with E-state index in [-0.39, 0.29) is 0 Å². The van der Waals surface area contributed by atoms with E-state index in [2.05, 4.69) is 15.5 Å². The number of nitrogens with one attached hydrogen (secondary N) is 2. The van der Waals surface area contributed by atoms with Crippen molar-refractivity contribution >= 4 is 31.3 Å². The summed E-state index contributed by atoms with van der Waals surface area (Å²) in [5, 5.41) is 6.59. The largest absolute Gasteiger partial charge is 0.317 e. The van der Waals surface area contributed by atoms with Crippen molar-refractivity contribution in [1.82, 2.24) is 15.5 Å². The maximum Gasteiger partial charge on any atom is 0.175 e. The van der Waals surface area contributed by atoms with Gasteiger partial charge in [-0.15, -0.1) is 11.6 Å². The molecule has 2 heterocycles. The van der Waals surface area contributed by atoms with Crippen LogP contribution in [0, 0.1) is 0 Å². The number of hydrogen-bond donors (Lipinski definition) is 2. The molecule has 0 saturated carbocycles. The van der Waals surface area contributed by atoms with Gasteiger partial charge in [0.05, 0.1) is 9.79 Å². The van der Waals surface area contributed by atoms with Gasteiger partial charge < -0.3 is 10.6 Å². The number of alkyl halides is 1. The zero-order valence-electron chi connectivity index (χ0n) is 20.7. The molecule has 0 atom stereocenters. The molecule has 0 unspecified atom stereocenters. The number of halogens is 1. The number of rotatable bonds is 5. The van der Waals surface area contributed by atoms with Crippen molar-refractivity contribution in [2.24, 2.45) is 0 Å². The number of piperazine rings is 1. The Balaban J connectivity index is 0.000000207. The van der Waals surface area contributed by atoms with Crippen molar-refractivity contribution in [1.29, 1.82) is 0 Å². The summed E-state index contributed by atoms with van der Waals surface area (Å²) >= 11 is 5.54. The van der Waals surface area contributed by atoms with Crippen LogP contribution in [0.2, 0.25) is 0 Å². The molecule has 0 bridgehead atoms. The maximum atomic E-state index is 11.3. The number of benzene rings is 2. The molecule has 2 aromatic carbocycles. The highest BCUT2D eigenvalue weighted by atomic mass is 35.5. The predicted octanol–water partition coefficient (Wildman–Crippen LogP) is 3.08. The molecule has 196 valence electrons. The molecule has 2 saturated heterocycles. The fraction of sp³-hybridized carbons (Fsp3) is 0.520. The summed E-state index contributed by atoms with van der Waals surface area (Å²) in [5.74, 6) is 0.407. The molecule has 7 nitrogen and oxygen atoms in total. The molecule has 4 rings (SSSR count). The normalized spacial score (nSPS) is 16.9. The molecule has 0 amide bonds. The second kappa shape index (κ2) is 14.9. The van der Waals surface area contributed by atoms with Crippen molar-refractivity contribution in [2.75, 3.05) is 51.8 Å². The average Bonchev–Trinajstić information content (AvgIpc) is 2.86. The first kappa shape index (κ1) is 29.7. The quantitative estimate of drug-likeness (QED) is 0.559. The highest BCUT2D eigenvalue weighted by molar-refractivity contribution is 7.91. The molecule has 2 aliphatic rings. The van der Waals surface area contributed by atoms with Gasteiger partial charge in [-0.1, -0.05) is 30.7 Å². The third-order valence-corrected chi connectivity index (χ3v) is 8.25. The maximum absolute atomic E-state index is 11.3. The molecule has 2 aliphatic heterocycles. The zero-order valence-corrected chi connectivity index (χ0v) is 23.1. The SMILES string of the molecule is C1CCNCC1.CS(=O)(=O)c1ccc(CCl)cc1.CS(=O)(=O)c1ccc(CN2CCNCC2)cc1. The molecule has 2 N–H and O–H groups in total. The predicted molar refractivity (Wildman–Crippen MR) is 144 cm³/mol. The Kier molecular flexibility index (Phi) is 12.7. The molecule has 2 aromatic rings. The van der Waals surface area contributed by atoms with Crippen molar-refractivity contribution < 1.29 is 16.8 Å². The molecule has 10 heteroatoms. The van der Waals surface area contributed by atoms with Crippen molar-refractivity contribution in [3.8, 4) is 0 Å².